The molecule has 0 radical (unpaired) electrons. The molecule has 0 bridgehead atoms. The number of methoxy groups -OCH3 is 1. The normalized spacial score (nSPS) is 21.5. The molecule has 0 saturated heterocycles. The zero-order valence-electron chi connectivity index (χ0n) is 23.9. The average Bonchev–Trinajstić information content (AvgIpc) is 3.03. The van der Waals surface area contributed by atoms with Crippen LogP contribution in [0.15, 0.2) is 72.1 Å². The second kappa shape index (κ2) is 13.0. The predicted octanol–water partition coefficient (Wildman–Crippen LogP) is 1.78. The molecule has 5 rings (SSSR count). The van der Waals surface area contributed by atoms with Crippen molar-refractivity contribution in [3.05, 3.63) is 72.7 Å². The highest BCUT2D eigenvalue weighted by Gasteiger charge is 2.47. The molecule has 1 saturated carbocycles. The van der Waals surface area contributed by atoms with Gasteiger partial charge in [0.05, 0.1) is 19.1 Å². The van der Waals surface area contributed by atoms with Crippen LogP contribution in [0.3, 0.4) is 0 Å². The first kappa shape index (κ1) is 31.5. The number of anilines is 1. The van der Waals surface area contributed by atoms with E-state index in [1.54, 1.807) is 37.3 Å². The van der Waals surface area contributed by atoms with Crippen LogP contribution in [0.1, 0.15) is 12.0 Å². The number of benzene rings is 1. The quantitative estimate of drug-likeness (QED) is 0.167. The Morgan fingerprint density at radius 2 is 1.67 bits per heavy atom. The first-order chi connectivity index (χ1) is 21.5. The Morgan fingerprint density at radius 3 is 2.31 bits per heavy atom. The van der Waals surface area contributed by atoms with Crippen molar-refractivity contribution < 1.29 is 47.8 Å². The van der Waals surface area contributed by atoms with Gasteiger partial charge in [0.1, 0.15) is 18.3 Å². The van der Waals surface area contributed by atoms with Gasteiger partial charge in [-0.25, -0.2) is 9.97 Å². The van der Waals surface area contributed by atoms with Gasteiger partial charge >= 0.3 is 5.97 Å². The largest absolute Gasteiger partial charge is 0.484 e. The first-order valence-electron chi connectivity index (χ1n) is 13.5. The van der Waals surface area contributed by atoms with Gasteiger partial charge in [-0.1, -0.05) is 18.2 Å². The van der Waals surface area contributed by atoms with Gasteiger partial charge in [-0.05, 0) is 42.8 Å². The monoisotopic (exact) mass is 639 g/mol. The lowest BCUT2D eigenvalue weighted by molar-refractivity contribution is -0.174. The first-order valence-corrected chi connectivity index (χ1v) is 15.0. The van der Waals surface area contributed by atoms with Crippen LogP contribution < -0.4 is 18.9 Å². The minimum Gasteiger partial charge on any atom is -0.484 e. The van der Waals surface area contributed by atoms with Crippen molar-refractivity contribution in [1.29, 1.82) is 0 Å². The molecule has 3 aromatic heterocycles. The number of carboxylic acid groups (broad SMARTS) is 1. The average molecular weight is 640 g/mol. The van der Waals surface area contributed by atoms with Crippen molar-refractivity contribution in [3.63, 3.8) is 0 Å². The zero-order valence-corrected chi connectivity index (χ0v) is 24.7. The van der Waals surface area contributed by atoms with Gasteiger partial charge in [-0.3, -0.25) is 14.5 Å². The Labute approximate surface area is 257 Å². The summed E-state index contributed by atoms with van der Waals surface area (Å²) in [6.07, 6.45) is -2.30. The number of hydrogen-bond donors (Lipinski definition) is 5. The molecule has 3 heterocycles. The molecule has 0 amide bonds. The Morgan fingerprint density at radius 1 is 0.956 bits per heavy atom. The van der Waals surface area contributed by atoms with Gasteiger partial charge in [0.2, 0.25) is 5.75 Å². The van der Waals surface area contributed by atoms with Crippen LogP contribution in [0, 0.1) is 12.8 Å². The fourth-order valence-electron chi connectivity index (χ4n) is 4.61. The topological polar surface area (TPSA) is 223 Å². The SMILES string of the molecule is COc1nc(-c2ccncc2)nc(NS(=O)(=O)c2ccc(C)cn2)c1Oc1ccccc1OC1C[C@H](C(=O)O)[C@@H](O)[C@H](O)[C@H]1O. The molecule has 16 heteroatoms. The maximum absolute atomic E-state index is 13.4. The van der Waals surface area contributed by atoms with Crippen molar-refractivity contribution >= 4 is 21.8 Å². The van der Waals surface area contributed by atoms with Crippen molar-refractivity contribution in [2.45, 2.75) is 42.8 Å². The second-order valence-electron chi connectivity index (χ2n) is 10.1. The molecule has 1 aliphatic carbocycles. The molecule has 236 valence electrons. The predicted molar refractivity (Wildman–Crippen MR) is 156 cm³/mol. The van der Waals surface area contributed by atoms with Gasteiger partial charge in [0, 0.05) is 30.6 Å². The third-order valence-corrected chi connectivity index (χ3v) is 8.25. The van der Waals surface area contributed by atoms with E-state index in [2.05, 4.69) is 24.7 Å². The molecule has 4 aromatic rings. The van der Waals surface area contributed by atoms with E-state index in [-0.39, 0.29) is 46.2 Å². The van der Waals surface area contributed by atoms with Crippen LogP contribution in [0.25, 0.3) is 11.4 Å². The number of aliphatic hydroxyl groups excluding tert-OH is 3. The standard InChI is InChI=1S/C29H29N5O10S/c1-15-7-8-21(31-14-15)45(40,41)34-27-25(28(42-2)33-26(32-27)16-9-11-30-12-10-16)44-19-6-4-3-5-18(19)43-20-13-17(29(38)39)22(35)24(37)23(20)36/h3-12,14,17,20,22-24,35-37H,13H2,1-2H3,(H,38,39)(H,32,33,34)/t17-,20?,22+,23-,24-/m0/s1. The van der Waals surface area contributed by atoms with E-state index >= 15 is 0 Å². The summed E-state index contributed by atoms with van der Waals surface area (Å²) < 4.78 is 46.7. The number of aliphatic carboxylic acids is 1. The Balaban J connectivity index is 1.55. The van der Waals surface area contributed by atoms with Crippen LogP contribution in [-0.2, 0) is 14.8 Å². The molecular formula is C29H29N5O10S. The number of pyridine rings is 2. The van der Waals surface area contributed by atoms with Crippen LogP contribution in [0.2, 0.25) is 0 Å². The third kappa shape index (κ3) is 6.78. The van der Waals surface area contributed by atoms with Gasteiger partial charge in [-0.15, -0.1) is 0 Å². The van der Waals surface area contributed by atoms with E-state index in [0.29, 0.717) is 5.56 Å². The second-order valence-corrected chi connectivity index (χ2v) is 11.7. The number of hydrogen-bond acceptors (Lipinski definition) is 13. The minimum absolute atomic E-state index is 0.0106. The van der Waals surface area contributed by atoms with E-state index in [1.807, 2.05) is 0 Å². The highest BCUT2D eigenvalue weighted by molar-refractivity contribution is 7.92. The molecule has 45 heavy (non-hydrogen) atoms. The summed E-state index contributed by atoms with van der Waals surface area (Å²) in [4.78, 5) is 28.5. The van der Waals surface area contributed by atoms with Crippen molar-refractivity contribution in [2.75, 3.05) is 11.8 Å². The van der Waals surface area contributed by atoms with Gasteiger partial charge in [0.25, 0.3) is 15.9 Å². The summed E-state index contributed by atoms with van der Waals surface area (Å²) in [5.74, 6) is -3.47. The molecule has 5 N–H and O–H groups in total. The number of nitrogens with zero attached hydrogens (tertiary/aromatic N) is 4. The van der Waals surface area contributed by atoms with Crippen molar-refractivity contribution in [3.8, 4) is 34.5 Å². The lowest BCUT2D eigenvalue weighted by atomic mass is 9.81. The van der Waals surface area contributed by atoms with E-state index in [4.69, 9.17) is 14.2 Å². The summed E-state index contributed by atoms with van der Waals surface area (Å²) in [6, 6.07) is 12.2. The fraction of sp³-hybridized carbons (Fsp3) is 0.276. The summed E-state index contributed by atoms with van der Waals surface area (Å²) in [5, 5.41) is 40.2. The molecular weight excluding hydrogens is 610 g/mol. The van der Waals surface area contributed by atoms with Crippen LogP contribution in [0.5, 0.6) is 23.1 Å². The lowest BCUT2D eigenvalue weighted by Crippen LogP contribution is -2.57. The lowest BCUT2D eigenvalue weighted by Gasteiger charge is -2.38. The molecule has 15 nitrogen and oxygen atoms in total. The maximum Gasteiger partial charge on any atom is 0.309 e. The smallest absolute Gasteiger partial charge is 0.309 e. The van der Waals surface area contributed by atoms with Crippen molar-refractivity contribution in [1.82, 2.24) is 19.9 Å². The summed E-state index contributed by atoms with van der Waals surface area (Å²) >= 11 is 0. The van der Waals surface area contributed by atoms with E-state index in [0.717, 1.165) is 5.56 Å². The number of rotatable bonds is 10. The zero-order chi connectivity index (χ0) is 32.3. The van der Waals surface area contributed by atoms with Crippen molar-refractivity contribution in [2.24, 2.45) is 5.92 Å². The number of aryl methyl sites for hydroxylation is 1. The number of carboxylic acids is 1. The number of nitrogens with one attached hydrogen (secondary N) is 1. The summed E-state index contributed by atoms with van der Waals surface area (Å²) in [5.41, 5.74) is 1.24. The van der Waals surface area contributed by atoms with Crippen LogP contribution in [-0.4, -0.2) is 86.3 Å². The Hall–Kier alpha value is -4.90. The van der Waals surface area contributed by atoms with Gasteiger partial charge in [0.15, 0.2) is 28.2 Å². The maximum atomic E-state index is 13.4. The Kier molecular flexibility index (Phi) is 9.10. The third-order valence-electron chi connectivity index (χ3n) is 6.99. The summed E-state index contributed by atoms with van der Waals surface area (Å²) in [7, 11) is -3.01. The molecule has 1 fully saturated rings. The van der Waals surface area contributed by atoms with E-state index in [1.165, 1.54) is 43.9 Å². The van der Waals surface area contributed by atoms with Crippen LogP contribution in [0.4, 0.5) is 5.82 Å². The number of aromatic nitrogens is 4. The minimum atomic E-state index is -4.31. The number of sulfonamides is 1. The molecule has 0 spiro atoms. The number of para-hydroxylation sites is 2. The number of aliphatic hydroxyl groups is 3. The van der Waals surface area contributed by atoms with Crippen LogP contribution >= 0.6 is 0 Å². The van der Waals surface area contributed by atoms with Gasteiger partial charge in [-0.2, -0.15) is 13.4 Å². The molecule has 5 atom stereocenters. The molecule has 0 aliphatic heterocycles. The molecule has 1 aromatic carbocycles. The highest BCUT2D eigenvalue weighted by atomic mass is 32.2. The summed E-state index contributed by atoms with van der Waals surface area (Å²) in [6.45, 7) is 1.76. The van der Waals surface area contributed by atoms with E-state index < -0.39 is 46.3 Å². The Bertz CT molecular complexity index is 1780. The molecule has 1 unspecified atom stereocenters. The highest BCUT2D eigenvalue weighted by Crippen LogP contribution is 2.42. The number of carbonyl (C=O) groups is 1. The van der Waals surface area contributed by atoms with Gasteiger partial charge < -0.3 is 34.6 Å². The van der Waals surface area contributed by atoms with E-state index in [9.17, 15) is 33.6 Å². The molecule has 1 aliphatic rings. The fourth-order valence-corrected chi connectivity index (χ4v) is 5.55. The number of ether oxygens (including phenoxy) is 3.